The predicted octanol–water partition coefficient (Wildman–Crippen LogP) is -0.526. The molecule has 9 heteroatoms. The zero-order chi connectivity index (χ0) is 19.9. The second-order valence-corrected chi connectivity index (χ2v) is 8.54. The highest BCUT2D eigenvalue weighted by atomic mass is 16.2. The standard InChI is InChI=1S/C19H29N5O4/c1-19(14-4-5-14)17(27)24(18(28)20-19)13-16(26)23-10-8-21(9-11-23)12-15(25)22-6-2-3-7-22/h14H,2-13H2,1H3,(H,20,28). The van der Waals surface area contributed by atoms with E-state index in [-0.39, 0.29) is 30.2 Å². The lowest BCUT2D eigenvalue weighted by atomic mass is 9.96. The first-order valence-corrected chi connectivity index (χ1v) is 10.3. The van der Waals surface area contributed by atoms with E-state index in [9.17, 15) is 19.2 Å². The minimum Gasteiger partial charge on any atom is -0.342 e. The molecule has 0 aromatic carbocycles. The molecule has 0 aromatic rings. The van der Waals surface area contributed by atoms with Crippen molar-refractivity contribution in [2.45, 2.75) is 38.1 Å². The Labute approximate surface area is 165 Å². The number of nitrogens with zero attached hydrogens (tertiary/aromatic N) is 4. The number of carbonyl (C=O) groups is 4. The van der Waals surface area contributed by atoms with E-state index in [4.69, 9.17) is 0 Å². The molecule has 1 atom stereocenters. The van der Waals surface area contributed by atoms with E-state index in [1.165, 1.54) is 0 Å². The fraction of sp³-hybridized carbons (Fsp3) is 0.789. The third-order valence-corrected chi connectivity index (χ3v) is 6.53. The van der Waals surface area contributed by atoms with Crippen molar-refractivity contribution in [2.75, 3.05) is 52.4 Å². The van der Waals surface area contributed by atoms with Crippen LogP contribution in [0, 0.1) is 5.92 Å². The van der Waals surface area contributed by atoms with Crippen molar-refractivity contribution in [3.8, 4) is 0 Å². The fourth-order valence-corrected chi connectivity index (χ4v) is 4.45. The lowest BCUT2D eigenvalue weighted by Gasteiger charge is -2.35. The summed E-state index contributed by atoms with van der Waals surface area (Å²) < 4.78 is 0. The Morgan fingerprint density at radius 1 is 0.929 bits per heavy atom. The van der Waals surface area contributed by atoms with Crippen LogP contribution in [0.5, 0.6) is 0 Å². The molecule has 3 heterocycles. The van der Waals surface area contributed by atoms with Crippen molar-refractivity contribution in [2.24, 2.45) is 5.92 Å². The molecule has 154 valence electrons. The minimum absolute atomic E-state index is 0.163. The average molecular weight is 391 g/mol. The zero-order valence-electron chi connectivity index (χ0n) is 16.5. The number of imide groups is 1. The van der Waals surface area contributed by atoms with Crippen LogP contribution < -0.4 is 5.32 Å². The van der Waals surface area contributed by atoms with E-state index in [2.05, 4.69) is 10.2 Å². The van der Waals surface area contributed by atoms with Gasteiger partial charge in [0.05, 0.1) is 6.54 Å². The molecule has 9 nitrogen and oxygen atoms in total. The van der Waals surface area contributed by atoms with Gasteiger partial charge in [-0.3, -0.25) is 24.2 Å². The molecule has 0 aromatic heterocycles. The van der Waals surface area contributed by atoms with Crippen LogP contribution in [-0.2, 0) is 14.4 Å². The molecular formula is C19H29N5O4. The number of nitrogens with one attached hydrogen (secondary N) is 1. The van der Waals surface area contributed by atoms with Crippen molar-refractivity contribution < 1.29 is 19.2 Å². The van der Waals surface area contributed by atoms with E-state index in [0.29, 0.717) is 32.7 Å². The highest BCUT2D eigenvalue weighted by molar-refractivity contribution is 6.09. The Morgan fingerprint density at radius 3 is 2.11 bits per heavy atom. The molecule has 3 saturated heterocycles. The second kappa shape index (κ2) is 7.35. The van der Waals surface area contributed by atoms with Gasteiger partial charge in [-0.05, 0) is 38.5 Å². The highest BCUT2D eigenvalue weighted by Crippen LogP contribution is 2.42. The molecule has 4 aliphatic rings. The van der Waals surface area contributed by atoms with Gasteiger partial charge in [0.1, 0.15) is 12.1 Å². The Balaban J connectivity index is 1.25. The Hall–Kier alpha value is -2.16. The number of rotatable bonds is 5. The average Bonchev–Trinajstić information content (AvgIpc) is 3.35. The summed E-state index contributed by atoms with van der Waals surface area (Å²) >= 11 is 0. The van der Waals surface area contributed by atoms with Gasteiger partial charge >= 0.3 is 6.03 Å². The molecule has 1 unspecified atom stereocenters. The molecule has 5 amide bonds. The largest absolute Gasteiger partial charge is 0.342 e. The summed E-state index contributed by atoms with van der Waals surface area (Å²) in [6, 6.07) is -0.470. The fourth-order valence-electron chi connectivity index (χ4n) is 4.45. The first kappa shape index (κ1) is 19.2. The topological polar surface area (TPSA) is 93.3 Å². The minimum atomic E-state index is -0.855. The van der Waals surface area contributed by atoms with E-state index in [0.717, 1.165) is 43.7 Å². The monoisotopic (exact) mass is 391 g/mol. The van der Waals surface area contributed by atoms with Crippen LogP contribution in [0.4, 0.5) is 4.79 Å². The molecule has 0 bridgehead atoms. The van der Waals surface area contributed by atoms with E-state index >= 15 is 0 Å². The molecular weight excluding hydrogens is 362 g/mol. The first-order chi connectivity index (χ1) is 13.4. The van der Waals surface area contributed by atoms with Crippen LogP contribution in [0.2, 0.25) is 0 Å². The van der Waals surface area contributed by atoms with Crippen LogP contribution >= 0.6 is 0 Å². The molecule has 28 heavy (non-hydrogen) atoms. The third-order valence-electron chi connectivity index (χ3n) is 6.53. The molecule has 0 radical (unpaired) electrons. The third kappa shape index (κ3) is 3.59. The second-order valence-electron chi connectivity index (χ2n) is 8.54. The molecule has 1 saturated carbocycles. The summed E-state index contributed by atoms with van der Waals surface area (Å²) in [4.78, 5) is 56.5. The summed E-state index contributed by atoms with van der Waals surface area (Å²) in [5, 5.41) is 2.77. The smallest absolute Gasteiger partial charge is 0.325 e. The van der Waals surface area contributed by atoms with Gasteiger partial charge in [0, 0.05) is 39.3 Å². The SMILES string of the molecule is CC1(C2CC2)NC(=O)N(CC(=O)N2CCN(CC(=O)N3CCCC3)CC2)C1=O. The van der Waals surface area contributed by atoms with Gasteiger partial charge in [-0.2, -0.15) is 0 Å². The predicted molar refractivity (Wildman–Crippen MR) is 100 cm³/mol. The van der Waals surface area contributed by atoms with Crippen LogP contribution in [-0.4, -0.2) is 101 Å². The molecule has 0 spiro atoms. The highest BCUT2D eigenvalue weighted by Gasteiger charge is 2.56. The van der Waals surface area contributed by atoms with Crippen molar-refractivity contribution in [1.82, 2.24) is 24.9 Å². The number of hydrogen-bond donors (Lipinski definition) is 1. The van der Waals surface area contributed by atoms with Gasteiger partial charge in [-0.15, -0.1) is 0 Å². The molecule has 1 aliphatic carbocycles. The van der Waals surface area contributed by atoms with Gasteiger partial charge < -0.3 is 15.1 Å². The van der Waals surface area contributed by atoms with Crippen LogP contribution in [0.1, 0.15) is 32.6 Å². The summed E-state index contributed by atoms with van der Waals surface area (Å²) in [5.74, 6) is -0.158. The lowest BCUT2D eigenvalue weighted by Crippen LogP contribution is -2.53. The van der Waals surface area contributed by atoms with Crippen molar-refractivity contribution in [1.29, 1.82) is 0 Å². The van der Waals surface area contributed by atoms with Crippen molar-refractivity contribution >= 4 is 23.8 Å². The summed E-state index contributed by atoms with van der Waals surface area (Å²) in [5.41, 5.74) is -0.855. The van der Waals surface area contributed by atoms with Crippen molar-refractivity contribution in [3.05, 3.63) is 0 Å². The number of amides is 5. The van der Waals surface area contributed by atoms with Gasteiger partial charge in [0.25, 0.3) is 5.91 Å². The summed E-state index contributed by atoms with van der Waals surface area (Å²) in [7, 11) is 0. The Kier molecular flexibility index (Phi) is 5.03. The maximum Gasteiger partial charge on any atom is 0.325 e. The Bertz CT molecular complexity index is 680. The van der Waals surface area contributed by atoms with Crippen LogP contribution in [0.3, 0.4) is 0 Å². The number of urea groups is 1. The van der Waals surface area contributed by atoms with E-state index < -0.39 is 11.6 Å². The van der Waals surface area contributed by atoms with Gasteiger partial charge in [0.2, 0.25) is 11.8 Å². The number of hydrogen-bond acceptors (Lipinski definition) is 5. The van der Waals surface area contributed by atoms with Crippen LogP contribution in [0.25, 0.3) is 0 Å². The molecule has 4 fully saturated rings. The summed E-state index contributed by atoms with van der Waals surface area (Å²) in [6.45, 7) is 5.92. The van der Waals surface area contributed by atoms with Gasteiger partial charge in [-0.25, -0.2) is 4.79 Å². The van der Waals surface area contributed by atoms with Gasteiger partial charge in [0.15, 0.2) is 0 Å². The first-order valence-electron chi connectivity index (χ1n) is 10.3. The zero-order valence-corrected chi connectivity index (χ0v) is 16.5. The molecule has 1 N–H and O–H groups in total. The van der Waals surface area contributed by atoms with Crippen molar-refractivity contribution in [3.63, 3.8) is 0 Å². The Morgan fingerprint density at radius 2 is 1.50 bits per heavy atom. The van der Waals surface area contributed by atoms with Gasteiger partial charge in [-0.1, -0.05) is 0 Å². The molecule has 4 rings (SSSR count). The maximum absolute atomic E-state index is 12.7. The number of carbonyl (C=O) groups excluding carboxylic acids is 4. The lowest BCUT2D eigenvalue weighted by molar-refractivity contribution is -0.140. The molecule has 3 aliphatic heterocycles. The van der Waals surface area contributed by atoms with Crippen LogP contribution in [0.15, 0.2) is 0 Å². The van der Waals surface area contributed by atoms with E-state index in [1.807, 2.05) is 4.90 Å². The maximum atomic E-state index is 12.7. The van der Waals surface area contributed by atoms with E-state index in [1.54, 1.807) is 11.8 Å². The summed E-state index contributed by atoms with van der Waals surface area (Å²) in [6.07, 6.45) is 4.03. The number of piperazine rings is 1. The normalized spacial score (nSPS) is 28.8. The number of likely N-dealkylation sites (tertiary alicyclic amines) is 1. The quantitative estimate of drug-likeness (QED) is 0.636.